The number of benzene rings is 2. The molecule has 28 heavy (non-hydrogen) atoms. The summed E-state index contributed by atoms with van der Waals surface area (Å²) in [4.78, 5) is 16.0. The van der Waals surface area contributed by atoms with E-state index in [1.807, 2.05) is 28.9 Å². The number of ether oxygens (including phenoxy) is 1. The van der Waals surface area contributed by atoms with Gasteiger partial charge in [-0.25, -0.2) is 9.67 Å². The van der Waals surface area contributed by atoms with Gasteiger partial charge in [-0.15, -0.1) is 0 Å². The van der Waals surface area contributed by atoms with E-state index in [4.69, 9.17) is 14.8 Å². The van der Waals surface area contributed by atoms with Crippen molar-refractivity contribution in [3.8, 4) is 11.4 Å². The van der Waals surface area contributed by atoms with E-state index in [0.29, 0.717) is 19.4 Å². The smallest absolute Gasteiger partial charge is 0.216 e. The normalized spacial score (nSPS) is 10.7. The third-order valence-corrected chi connectivity index (χ3v) is 4.55. The summed E-state index contributed by atoms with van der Waals surface area (Å²) in [5.74, 6) is 2.37. The van der Waals surface area contributed by atoms with E-state index in [2.05, 4.69) is 37.4 Å². The lowest BCUT2D eigenvalue weighted by Crippen LogP contribution is -2.23. The lowest BCUT2D eigenvalue weighted by atomic mass is 10.1. The molecule has 2 aromatic carbocycles. The number of rotatable bonds is 7. The van der Waals surface area contributed by atoms with Crippen molar-refractivity contribution in [1.29, 1.82) is 0 Å². The highest BCUT2D eigenvalue weighted by Gasteiger charge is 2.14. The number of amides is 1. The van der Waals surface area contributed by atoms with Gasteiger partial charge in [-0.05, 0) is 48.7 Å². The van der Waals surface area contributed by atoms with Gasteiger partial charge in [-0.2, -0.15) is 5.10 Å². The van der Waals surface area contributed by atoms with Gasteiger partial charge in [0.1, 0.15) is 11.6 Å². The summed E-state index contributed by atoms with van der Waals surface area (Å²) in [7, 11) is 1.66. The summed E-state index contributed by atoms with van der Waals surface area (Å²) < 4.78 is 7.12. The maximum absolute atomic E-state index is 11.2. The minimum absolute atomic E-state index is 0.0451. The predicted octanol–water partition coefficient (Wildman–Crippen LogP) is 3.16. The number of hydrogen-bond acceptors (Lipinski definition) is 4. The van der Waals surface area contributed by atoms with E-state index in [9.17, 15) is 4.79 Å². The van der Waals surface area contributed by atoms with Crippen LogP contribution in [-0.4, -0.2) is 34.3 Å². The average molecular weight is 378 g/mol. The first-order valence-corrected chi connectivity index (χ1v) is 9.36. The third kappa shape index (κ3) is 4.76. The van der Waals surface area contributed by atoms with Gasteiger partial charge < -0.3 is 10.1 Å². The number of carbonyl (C=O) groups is 1. The van der Waals surface area contributed by atoms with Gasteiger partial charge in [0.25, 0.3) is 0 Å². The van der Waals surface area contributed by atoms with Gasteiger partial charge in [-0.1, -0.05) is 24.3 Å². The maximum Gasteiger partial charge on any atom is 0.216 e. The van der Waals surface area contributed by atoms with Crippen LogP contribution in [0.2, 0.25) is 0 Å². The Morgan fingerprint density at radius 3 is 2.57 bits per heavy atom. The van der Waals surface area contributed by atoms with E-state index in [0.717, 1.165) is 34.2 Å². The highest BCUT2D eigenvalue weighted by atomic mass is 16.5. The Bertz CT molecular complexity index is 961. The zero-order valence-corrected chi connectivity index (χ0v) is 16.8. The number of methoxy groups -OCH3 is 1. The third-order valence-electron chi connectivity index (χ3n) is 4.55. The molecule has 0 aliphatic carbocycles. The Hall–Kier alpha value is -3.15. The zero-order valence-electron chi connectivity index (χ0n) is 16.8. The molecule has 3 aromatic rings. The van der Waals surface area contributed by atoms with Crippen LogP contribution in [0.15, 0.2) is 42.5 Å². The molecule has 1 N–H and O–H groups in total. The molecule has 6 nitrogen and oxygen atoms in total. The number of aromatic nitrogens is 3. The fraction of sp³-hybridized carbons (Fsp3) is 0.318. The molecule has 6 heteroatoms. The molecule has 0 spiro atoms. The highest BCUT2D eigenvalue weighted by molar-refractivity contribution is 5.72. The second-order valence-corrected chi connectivity index (χ2v) is 6.90. The number of nitrogens with one attached hydrogen (secondary N) is 1. The van der Waals surface area contributed by atoms with Gasteiger partial charge in [0.2, 0.25) is 5.91 Å². The lowest BCUT2D eigenvalue weighted by Gasteiger charge is -2.10. The summed E-state index contributed by atoms with van der Waals surface area (Å²) in [6, 6.07) is 14.2. The maximum atomic E-state index is 11.2. The van der Waals surface area contributed by atoms with Crippen molar-refractivity contribution in [2.24, 2.45) is 0 Å². The average Bonchev–Trinajstić information content (AvgIpc) is 3.06. The second-order valence-electron chi connectivity index (χ2n) is 6.90. The Morgan fingerprint density at radius 2 is 1.89 bits per heavy atom. The standard InChI is InChI=1S/C22H26N4O2/c1-15-5-6-16(2)20(13-15)26-22(11-12-23-17(3)27)24-21(25-26)14-18-7-9-19(28-4)10-8-18/h5-10,13H,11-12,14H2,1-4H3,(H,23,27). The molecule has 0 aliphatic heterocycles. The molecule has 1 aromatic heterocycles. The van der Waals surface area contributed by atoms with Crippen molar-refractivity contribution in [3.63, 3.8) is 0 Å². The van der Waals surface area contributed by atoms with E-state index in [1.54, 1.807) is 7.11 Å². The van der Waals surface area contributed by atoms with Gasteiger partial charge in [0, 0.05) is 26.3 Å². The molecule has 0 unspecified atom stereocenters. The monoisotopic (exact) mass is 378 g/mol. The van der Waals surface area contributed by atoms with Crippen LogP contribution in [0, 0.1) is 13.8 Å². The van der Waals surface area contributed by atoms with Crippen LogP contribution in [-0.2, 0) is 17.6 Å². The van der Waals surface area contributed by atoms with Crippen LogP contribution in [0.1, 0.15) is 35.3 Å². The van der Waals surface area contributed by atoms with Gasteiger partial charge in [0.05, 0.1) is 12.8 Å². The molecule has 0 saturated carbocycles. The number of carbonyl (C=O) groups excluding carboxylic acids is 1. The van der Waals surface area contributed by atoms with E-state index < -0.39 is 0 Å². The van der Waals surface area contributed by atoms with Crippen molar-refractivity contribution in [1.82, 2.24) is 20.1 Å². The molecular weight excluding hydrogens is 352 g/mol. The fourth-order valence-corrected chi connectivity index (χ4v) is 3.05. The first-order chi connectivity index (χ1) is 13.5. The second kappa shape index (κ2) is 8.69. The van der Waals surface area contributed by atoms with Crippen LogP contribution in [0.5, 0.6) is 5.75 Å². The quantitative estimate of drug-likeness (QED) is 0.686. The van der Waals surface area contributed by atoms with Crippen molar-refractivity contribution >= 4 is 5.91 Å². The minimum atomic E-state index is -0.0451. The Labute approximate surface area is 165 Å². The van der Waals surface area contributed by atoms with Crippen LogP contribution in [0.25, 0.3) is 5.69 Å². The number of aryl methyl sites for hydroxylation is 2. The fourth-order valence-electron chi connectivity index (χ4n) is 3.05. The van der Waals surface area contributed by atoms with Gasteiger partial charge in [0.15, 0.2) is 5.82 Å². The molecule has 0 fully saturated rings. The first kappa shape index (κ1) is 19.6. The van der Waals surface area contributed by atoms with Crippen molar-refractivity contribution in [2.75, 3.05) is 13.7 Å². The Balaban J connectivity index is 1.91. The van der Waals surface area contributed by atoms with Crippen LogP contribution in [0.3, 0.4) is 0 Å². The predicted molar refractivity (Wildman–Crippen MR) is 109 cm³/mol. The van der Waals surface area contributed by atoms with Crippen molar-refractivity contribution < 1.29 is 9.53 Å². The van der Waals surface area contributed by atoms with Gasteiger partial charge in [-0.3, -0.25) is 4.79 Å². The summed E-state index contributed by atoms with van der Waals surface area (Å²) in [6.45, 7) is 6.18. The largest absolute Gasteiger partial charge is 0.497 e. The summed E-state index contributed by atoms with van der Waals surface area (Å²) in [5, 5.41) is 7.62. The molecule has 1 amide bonds. The minimum Gasteiger partial charge on any atom is -0.497 e. The van der Waals surface area contributed by atoms with E-state index in [1.165, 1.54) is 12.5 Å². The molecule has 1 heterocycles. The van der Waals surface area contributed by atoms with Crippen molar-refractivity contribution in [2.45, 2.75) is 33.6 Å². The molecular formula is C22H26N4O2. The van der Waals surface area contributed by atoms with Crippen LogP contribution in [0.4, 0.5) is 0 Å². The number of hydrogen-bond donors (Lipinski definition) is 1. The topological polar surface area (TPSA) is 69.0 Å². The van der Waals surface area contributed by atoms with Crippen molar-refractivity contribution in [3.05, 3.63) is 70.8 Å². The van der Waals surface area contributed by atoms with E-state index >= 15 is 0 Å². The van der Waals surface area contributed by atoms with E-state index in [-0.39, 0.29) is 5.91 Å². The summed E-state index contributed by atoms with van der Waals surface area (Å²) >= 11 is 0. The number of nitrogens with zero attached hydrogens (tertiary/aromatic N) is 3. The summed E-state index contributed by atoms with van der Waals surface area (Å²) in [6.07, 6.45) is 1.25. The van der Waals surface area contributed by atoms with Crippen LogP contribution >= 0.6 is 0 Å². The van der Waals surface area contributed by atoms with Gasteiger partial charge >= 0.3 is 0 Å². The molecule has 0 saturated heterocycles. The highest BCUT2D eigenvalue weighted by Crippen LogP contribution is 2.19. The molecule has 0 bridgehead atoms. The molecule has 146 valence electrons. The first-order valence-electron chi connectivity index (χ1n) is 9.36. The van der Waals surface area contributed by atoms with Crippen LogP contribution < -0.4 is 10.1 Å². The summed E-state index contributed by atoms with van der Waals surface area (Å²) in [5.41, 5.74) is 4.44. The molecule has 0 radical (unpaired) electrons. The Kier molecular flexibility index (Phi) is 6.09. The molecule has 0 aliphatic rings. The SMILES string of the molecule is COc1ccc(Cc2nc(CCNC(C)=O)n(-c3cc(C)ccc3C)n2)cc1. The molecule has 0 atom stereocenters. The lowest BCUT2D eigenvalue weighted by molar-refractivity contribution is -0.118. The Morgan fingerprint density at radius 1 is 1.14 bits per heavy atom. The zero-order chi connectivity index (χ0) is 20.1. The molecule has 3 rings (SSSR count).